The zero-order chi connectivity index (χ0) is 11.6. The predicted molar refractivity (Wildman–Crippen MR) is 71.6 cm³/mol. The molecule has 8 unspecified atom stereocenters. The molecule has 4 fully saturated rings. The summed E-state index contributed by atoms with van der Waals surface area (Å²) in [6.07, 6.45) is 11.1. The van der Waals surface area contributed by atoms with Crippen LogP contribution in [0, 0.1) is 47.3 Å². The first-order chi connectivity index (χ1) is 8.24. The van der Waals surface area contributed by atoms with Gasteiger partial charge in [-0.25, -0.2) is 0 Å². The van der Waals surface area contributed by atoms with Crippen LogP contribution >= 0.6 is 0 Å². The van der Waals surface area contributed by atoms with Gasteiger partial charge in [-0.05, 0) is 85.9 Å². The number of fused-ring (bicyclic) bond motifs is 4. The molecule has 0 heterocycles. The molecule has 4 rings (SSSR count). The van der Waals surface area contributed by atoms with Crippen LogP contribution in [0.15, 0.2) is 0 Å². The Hall–Kier alpha value is 0. The summed E-state index contributed by atoms with van der Waals surface area (Å²) in [4.78, 5) is 0. The van der Waals surface area contributed by atoms with E-state index in [1.165, 1.54) is 0 Å². The van der Waals surface area contributed by atoms with Crippen molar-refractivity contribution in [3.05, 3.63) is 0 Å². The molecule has 4 aliphatic carbocycles. The molecule has 4 bridgehead atoms. The lowest BCUT2D eigenvalue weighted by atomic mass is 9.62. The normalized spacial score (nSPS) is 61.1. The lowest BCUT2D eigenvalue weighted by Gasteiger charge is -2.43. The molecule has 0 aliphatic heterocycles. The molecule has 8 atom stereocenters. The second-order valence-corrected chi connectivity index (χ2v) is 7.97. The van der Waals surface area contributed by atoms with Gasteiger partial charge in [-0.2, -0.15) is 0 Å². The van der Waals surface area contributed by atoms with Crippen LogP contribution < -0.4 is 0 Å². The molecule has 0 amide bonds. The van der Waals surface area contributed by atoms with Crippen molar-refractivity contribution in [2.45, 2.75) is 58.8 Å². The Morgan fingerprint density at radius 2 is 1.35 bits per heavy atom. The first-order valence-electron chi connectivity index (χ1n) is 8.24. The molecule has 0 nitrogen and oxygen atoms in total. The highest BCUT2D eigenvalue weighted by atomic mass is 14.6. The SMILES string of the molecule is CC1C2CCC(C2)CC1C1C2CCC(C2)C1C. The van der Waals surface area contributed by atoms with Gasteiger partial charge in [0.15, 0.2) is 0 Å². The average Bonchev–Trinajstić information content (AvgIpc) is 2.98. The van der Waals surface area contributed by atoms with Crippen molar-refractivity contribution in [1.82, 2.24) is 0 Å². The summed E-state index contributed by atoms with van der Waals surface area (Å²) in [6, 6.07) is 0. The summed E-state index contributed by atoms with van der Waals surface area (Å²) in [5.41, 5.74) is 0. The van der Waals surface area contributed by atoms with Gasteiger partial charge in [-0.15, -0.1) is 0 Å². The average molecular weight is 232 g/mol. The topological polar surface area (TPSA) is 0 Å². The zero-order valence-corrected chi connectivity index (χ0v) is 11.6. The van der Waals surface area contributed by atoms with Gasteiger partial charge < -0.3 is 0 Å². The molecule has 0 heteroatoms. The van der Waals surface area contributed by atoms with E-state index in [0.717, 1.165) is 47.3 Å². The van der Waals surface area contributed by atoms with Crippen LogP contribution in [0.4, 0.5) is 0 Å². The number of rotatable bonds is 1. The van der Waals surface area contributed by atoms with Crippen molar-refractivity contribution < 1.29 is 0 Å². The Morgan fingerprint density at radius 1 is 0.647 bits per heavy atom. The van der Waals surface area contributed by atoms with Crippen molar-refractivity contribution in [2.24, 2.45) is 47.3 Å². The van der Waals surface area contributed by atoms with Crippen LogP contribution in [0.5, 0.6) is 0 Å². The van der Waals surface area contributed by atoms with E-state index in [4.69, 9.17) is 0 Å². The monoisotopic (exact) mass is 232 g/mol. The maximum Gasteiger partial charge on any atom is -0.0326 e. The lowest BCUT2D eigenvalue weighted by Crippen LogP contribution is -2.36. The highest BCUT2D eigenvalue weighted by Gasteiger charge is 2.52. The van der Waals surface area contributed by atoms with E-state index in [1.54, 1.807) is 44.9 Å². The van der Waals surface area contributed by atoms with Crippen LogP contribution in [0.3, 0.4) is 0 Å². The van der Waals surface area contributed by atoms with Gasteiger partial charge in [0.2, 0.25) is 0 Å². The molecular formula is C17H28. The minimum atomic E-state index is 1.06. The fourth-order valence-electron chi connectivity index (χ4n) is 6.62. The Bertz CT molecular complexity index is 305. The Balaban J connectivity index is 1.58. The van der Waals surface area contributed by atoms with Crippen LogP contribution in [0.25, 0.3) is 0 Å². The van der Waals surface area contributed by atoms with Gasteiger partial charge in [-0.1, -0.05) is 20.3 Å². The molecule has 0 aromatic rings. The quantitative estimate of drug-likeness (QED) is 0.612. The summed E-state index contributed by atoms with van der Waals surface area (Å²) in [5.74, 6) is 8.88. The van der Waals surface area contributed by atoms with Crippen molar-refractivity contribution in [1.29, 1.82) is 0 Å². The lowest BCUT2D eigenvalue weighted by molar-refractivity contribution is 0.0534. The van der Waals surface area contributed by atoms with Crippen LogP contribution in [0.1, 0.15) is 58.8 Å². The minimum absolute atomic E-state index is 1.06. The van der Waals surface area contributed by atoms with Gasteiger partial charge in [0.1, 0.15) is 0 Å². The highest BCUT2D eigenvalue weighted by molar-refractivity contribution is 5.01. The molecule has 0 spiro atoms. The maximum atomic E-state index is 2.61. The highest BCUT2D eigenvalue weighted by Crippen LogP contribution is 2.60. The Labute approximate surface area is 107 Å². The fraction of sp³-hybridized carbons (Fsp3) is 1.00. The molecule has 4 aliphatic rings. The maximum absolute atomic E-state index is 2.61. The Morgan fingerprint density at radius 3 is 2.12 bits per heavy atom. The molecule has 0 saturated heterocycles. The van der Waals surface area contributed by atoms with Crippen LogP contribution in [-0.4, -0.2) is 0 Å². The third-order valence-corrected chi connectivity index (χ3v) is 7.51. The molecule has 0 N–H and O–H groups in total. The van der Waals surface area contributed by atoms with Gasteiger partial charge in [0.25, 0.3) is 0 Å². The third kappa shape index (κ3) is 1.48. The largest absolute Gasteiger partial charge is 0.0620 e. The molecular weight excluding hydrogens is 204 g/mol. The second kappa shape index (κ2) is 3.75. The summed E-state index contributed by atoms with van der Waals surface area (Å²) >= 11 is 0. The molecule has 0 radical (unpaired) electrons. The van der Waals surface area contributed by atoms with E-state index in [9.17, 15) is 0 Å². The van der Waals surface area contributed by atoms with E-state index in [1.807, 2.05) is 0 Å². The van der Waals surface area contributed by atoms with Crippen molar-refractivity contribution in [2.75, 3.05) is 0 Å². The standard InChI is InChI=1S/C17H28/c1-10-13-4-3-12(7-13)8-16(10)17-11(2)14-5-6-15(17)9-14/h10-17H,3-9H2,1-2H3. The van der Waals surface area contributed by atoms with E-state index in [2.05, 4.69) is 13.8 Å². The summed E-state index contributed by atoms with van der Waals surface area (Å²) in [5, 5.41) is 0. The van der Waals surface area contributed by atoms with Gasteiger partial charge in [0, 0.05) is 0 Å². The molecule has 0 aromatic carbocycles. The smallest absolute Gasteiger partial charge is 0.0326 e. The van der Waals surface area contributed by atoms with Crippen molar-refractivity contribution in [3.63, 3.8) is 0 Å². The minimum Gasteiger partial charge on any atom is -0.0620 e. The summed E-state index contributed by atoms with van der Waals surface area (Å²) in [6.45, 7) is 5.20. The third-order valence-electron chi connectivity index (χ3n) is 7.51. The van der Waals surface area contributed by atoms with Crippen molar-refractivity contribution >= 4 is 0 Å². The first-order valence-corrected chi connectivity index (χ1v) is 8.24. The summed E-state index contributed by atoms with van der Waals surface area (Å²) in [7, 11) is 0. The van der Waals surface area contributed by atoms with E-state index < -0.39 is 0 Å². The molecule has 4 saturated carbocycles. The van der Waals surface area contributed by atoms with Crippen LogP contribution in [0.2, 0.25) is 0 Å². The van der Waals surface area contributed by atoms with Gasteiger partial charge >= 0.3 is 0 Å². The van der Waals surface area contributed by atoms with E-state index in [0.29, 0.717) is 0 Å². The Kier molecular flexibility index (Phi) is 2.40. The molecule has 96 valence electrons. The fourth-order valence-corrected chi connectivity index (χ4v) is 6.62. The van der Waals surface area contributed by atoms with Crippen LogP contribution in [-0.2, 0) is 0 Å². The van der Waals surface area contributed by atoms with Gasteiger partial charge in [-0.3, -0.25) is 0 Å². The zero-order valence-electron chi connectivity index (χ0n) is 11.6. The first kappa shape index (κ1) is 10.9. The van der Waals surface area contributed by atoms with E-state index >= 15 is 0 Å². The van der Waals surface area contributed by atoms with E-state index in [-0.39, 0.29) is 0 Å². The number of hydrogen-bond donors (Lipinski definition) is 0. The molecule has 17 heavy (non-hydrogen) atoms. The molecule has 0 aromatic heterocycles. The predicted octanol–water partition coefficient (Wildman–Crippen LogP) is 4.74. The second-order valence-electron chi connectivity index (χ2n) is 7.97. The number of hydrogen-bond acceptors (Lipinski definition) is 0. The van der Waals surface area contributed by atoms with Gasteiger partial charge in [0.05, 0.1) is 0 Å². The summed E-state index contributed by atoms with van der Waals surface area (Å²) < 4.78 is 0. The van der Waals surface area contributed by atoms with Crippen molar-refractivity contribution in [3.8, 4) is 0 Å².